The lowest BCUT2D eigenvalue weighted by Crippen LogP contribution is -2.43. The fourth-order valence-electron chi connectivity index (χ4n) is 4.08. The summed E-state index contributed by atoms with van der Waals surface area (Å²) in [5.41, 5.74) is 0.382. The summed E-state index contributed by atoms with van der Waals surface area (Å²) in [6.45, 7) is 6.82. The van der Waals surface area contributed by atoms with Crippen molar-refractivity contribution < 1.29 is 38.1 Å². The van der Waals surface area contributed by atoms with Gasteiger partial charge in [0.25, 0.3) is 0 Å². The Hall–Kier alpha value is -3.04. The van der Waals surface area contributed by atoms with Gasteiger partial charge >= 0.3 is 12.1 Å². The van der Waals surface area contributed by atoms with Crippen LogP contribution >= 0.6 is 0 Å². The molecule has 37 heavy (non-hydrogen) atoms. The smallest absolute Gasteiger partial charge is 0.408 e. The first-order valence-electron chi connectivity index (χ1n) is 12.4. The number of rotatable bonds is 13. The number of ether oxygens (including phenoxy) is 2. The van der Waals surface area contributed by atoms with E-state index in [1.807, 2.05) is 30.3 Å². The topological polar surface area (TPSA) is 105 Å². The molecule has 2 aromatic rings. The number of carboxylic acid groups (broad SMARTS) is 1. The standard InChI is InChI=1S/C28H37F2NO6/c1-18(32)25(36-17-19-9-6-5-7-10-19)21(15-20-13-14-22(29)16-23(20)30)11-8-12-24(26(33)34)31-27(35)37-28(2,3)4/h5-7,9-10,13-14,16,18,21,24-25,32H,8,11-12,15,17H2,1-4H3,(H,31,35)(H,33,34). The van der Waals surface area contributed by atoms with Crippen molar-refractivity contribution >= 4 is 12.1 Å². The predicted octanol–water partition coefficient (Wildman–Crippen LogP) is 5.24. The number of carboxylic acids is 1. The van der Waals surface area contributed by atoms with Gasteiger partial charge < -0.3 is 25.0 Å². The van der Waals surface area contributed by atoms with Gasteiger partial charge in [-0.05, 0) is 70.1 Å². The van der Waals surface area contributed by atoms with E-state index in [9.17, 15) is 28.6 Å². The van der Waals surface area contributed by atoms with Gasteiger partial charge in [0.1, 0.15) is 23.3 Å². The molecule has 0 saturated heterocycles. The highest BCUT2D eigenvalue weighted by Gasteiger charge is 2.29. The first-order chi connectivity index (χ1) is 17.4. The fourth-order valence-corrected chi connectivity index (χ4v) is 4.08. The van der Waals surface area contributed by atoms with E-state index in [2.05, 4.69) is 5.32 Å². The zero-order valence-electron chi connectivity index (χ0n) is 21.7. The van der Waals surface area contributed by atoms with E-state index >= 15 is 0 Å². The number of aliphatic hydroxyl groups is 1. The van der Waals surface area contributed by atoms with Gasteiger partial charge in [0.05, 0.1) is 18.8 Å². The Morgan fingerprint density at radius 2 is 1.73 bits per heavy atom. The molecule has 0 fully saturated rings. The van der Waals surface area contributed by atoms with Crippen LogP contribution in [0.1, 0.15) is 58.1 Å². The van der Waals surface area contributed by atoms with Crippen LogP contribution in [0.4, 0.5) is 13.6 Å². The van der Waals surface area contributed by atoms with E-state index in [1.54, 1.807) is 27.7 Å². The molecule has 3 N–H and O–H groups in total. The molecule has 0 aromatic heterocycles. The number of carbonyl (C=O) groups is 2. The van der Waals surface area contributed by atoms with E-state index in [0.717, 1.165) is 11.6 Å². The number of aliphatic carboxylic acids is 1. The number of hydrogen-bond donors (Lipinski definition) is 3. The van der Waals surface area contributed by atoms with Crippen molar-refractivity contribution in [1.82, 2.24) is 5.32 Å². The average Bonchev–Trinajstić information content (AvgIpc) is 2.79. The summed E-state index contributed by atoms with van der Waals surface area (Å²) < 4.78 is 39.1. The number of alkyl carbamates (subject to hydrolysis) is 1. The summed E-state index contributed by atoms with van der Waals surface area (Å²) in [4.78, 5) is 23.8. The molecule has 0 radical (unpaired) electrons. The molecule has 0 aliphatic rings. The van der Waals surface area contributed by atoms with Gasteiger partial charge in [-0.15, -0.1) is 0 Å². The van der Waals surface area contributed by atoms with Gasteiger partial charge in [0, 0.05) is 6.07 Å². The van der Waals surface area contributed by atoms with Crippen LogP contribution in [0.3, 0.4) is 0 Å². The Balaban J connectivity index is 2.15. The number of aliphatic hydroxyl groups excluding tert-OH is 1. The second kappa shape index (κ2) is 14.0. The molecule has 0 aliphatic carbocycles. The number of carbonyl (C=O) groups excluding carboxylic acids is 1. The Morgan fingerprint density at radius 3 is 2.30 bits per heavy atom. The molecule has 4 atom stereocenters. The Labute approximate surface area is 216 Å². The third kappa shape index (κ3) is 10.9. The summed E-state index contributed by atoms with van der Waals surface area (Å²) in [6.07, 6.45) is -1.52. The van der Waals surface area contributed by atoms with Crippen molar-refractivity contribution in [2.75, 3.05) is 0 Å². The van der Waals surface area contributed by atoms with Crippen molar-refractivity contribution in [3.63, 3.8) is 0 Å². The minimum absolute atomic E-state index is 0.0855. The molecular formula is C28H37F2NO6. The Bertz CT molecular complexity index is 1010. The maximum Gasteiger partial charge on any atom is 0.408 e. The maximum absolute atomic E-state index is 14.5. The SMILES string of the molecule is CC(O)C(OCc1ccccc1)C(CCCC(NC(=O)OC(C)(C)C)C(=O)O)Cc1ccc(F)cc1F. The Morgan fingerprint density at radius 1 is 1.05 bits per heavy atom. The number of nitrogens with one attached hydrogen (secondary N) is 1. The van der Waals surface area contributed by atoms with Crippen LogP contribution in [0.15, 0.2) is 48.5 Å². The van der Waals surface area contributed by atoms with Gasteiger partial charge in [-0.3, -0.25) is 0 Å². The van der Waals surface area contributed by atoms with Gasteiger partial charge in [0.15, 0.2) is 0 Å². The molecule has 0 aliphatic heterocycles. The average molecular weight is 522 g/mol. The lowest BCUT2D eigenvalue weighted by Gasteiger charge is -2.30. The number of amides is 1. The zero-order chi connectivity index (χ0) is 27.6. The van der Waals surface area contributed by atoms with Crippen LogP contribution in [0.5, 0.6) is 0 Å². The Kier molecular flexibility index (Phi) is 11.5. The normalized spacial score (nSPS) is 14.9. The van der Waals surface area contributed by atoms with Gasteiger partial charge in [-0.25, -0.2) is 18.4 Å². The third-order valence-corrected chi connectivity index (χ3v) is 5.78. The van der Waals surface area contributed by atoms with Crippen LogP contribution in [0.25, 0.3) is 0 Å². The highest BCUT2D eigenvalue weighted by molar-refractivity contribution is 5.79. The summed E-state index contributed by atoms with van der Waals surface area (Å²) in [5, 5.41) is 22.5. The van der Waals surface area contributed by atoms with E-state index in [0.29, 0.717) is 12.8 Å². The molecule has 0 bridgehead atoms. The van der Waals surface area contributed by atoms with Crippen molar-refractivity contribution in [2.24, 2.45) is 5.92 Å². The minimum atomic E-state index is -1.21. The molecule has 0 saturated carbocycles. The monoisotopic (exact) mass is 521 g/mol. The predicted molar refractivity (Wildman–Crippen MR) is 135 cm³/mol. The van der Waals surface area contributed by atoms with Gasteiger partial charge in [-0.2, -0.15) is 0 Å². The van der Waals surface area contributed by atoms with Crippen LogP contribution in [-0.4, -0.2) is 46.1 Å². The summed E-state index contributed by atoms with van der Waals surface area (Å²) in [7, 11) is 0. The fraction of sp³-hybridized carbons (Fsp3) is 0.500. The quantitative estimate of drug-likeness (QED) is 0.333. The molecule has 9 heteroatoms. The summed E-state index contributed by atoms with van der Waals surface area (Å²) >= 11 is 0. The number of halogens is 2. The molecule has 0 spiro atoms. The third-order valence-electron chi connectivity index (χ3n) is 5.78. The largest absolute Gasteiger partial charge is 0.480 e. The van der Waals surface area contributed by atoms with Crippen molar-refractivity contribution in [3.05, 3.63) is 71.3 Å². The highest BCUT2D eigenvalue weighted by Crippen LogP contribution is 2.26. The maximum atomic E-state index is 14.5. The van der Waals surface area contributed by atoms with Crippen LogP contribution in [0, 0.1) is 17.6 Å². The summed E-state index contributed by atoms with van der Waals surface area (Å²) in [6, 6.07) is 11.5. The van der Waals surface area contributed by atoms with Gasteiger partial charge in [0.2, 0.25) is 0 Å². The van der Waals surface area contributed by atoms with E-state index < -0.39 is 53.5 Å². The van der Waals surface area contributed by atoms with Crippen molar-refractivity contribution in [2.45, 2.75) is 83.8 Å². The molecule has 7 nitrogen and oxygen atoms in total. The van der Waals surface area contributed by atoms with Gasteiger partial charge in [-0.1, -0.05) is 42.8 Å². The lowest BCUT2D eigenvalue weighted by molar-refractivity contribution is -0.139. The molecule has 2 rings (SSSR count). The summed E-state index contributed by atoms with van der Waals surface area (Å²) in [5.74, 6) is -3.02. The first kappa shape index (κ1) is 30.2. The van der Waals surface area contributed by atoms with Crippen LogP contribution < -0.4 is 5.32 Å². The van der Waals surface area contributed by atoms with E-state index in [4.69, 9.17) is 9.47 Å². The highest BCUT2D eigenvalue weighted by atomic mass is 19.1. The second-order valence-electron chi connectivity index (χ2n) is 10.2. The minimum Gasteiger partial charge on any atom is -0.480 e. The number of hydrogen-bond acceptors (Lipinski definition) is 5. The van der Waals surface area contributed by atoms with Crippen LogP contribution in [0.2, 0.25) is 0 Å². The molecule has 2 aromatic carbocycles. The van der Waals surface area contributed by atoms with E-state index in [-0.39, 0.29) is 25.0 Å². The molecular weight excluding hydrogens is 484 g/mol. The van der Waals surface area contributed by atoms with E-state index in [1.165, 1.54) is 12.1 Å². The zero-order valence-corrected chi connectivity index (χ0v) is 21.7. The second-order valence-corrected chi connectivity index (χ2v) is 10.2. The lowest BCUT2D eigenvalue weighted by atomic mass is 9.86. The van der Waals surface area contributed by atoms with Crippen molar-refractivity contribution in [1.29, 1.82) is 0 Å². The first-order valence-corrected chi connectivity index (χ1v) is 12.4. The van der Waals surface area contributed by atoms with Crippen molar-refractivity contribution in [3.8, 4) is 0 Å². The van der Waals surface area contributed by atoms with Crippen LogP contribution in [-0.2, 0) is 27.3 Å². The number of benzene rings is 2. The molecule has 0 heterocycles. The molecule has 4 unspecified atom stereocenters. The molecule has 204 valence electrons. The molecule has 1 amide bonds.